The van der Waals surface area contributed by atoms with Gasteiger partial charge in [-0.2, -0.15) is 0 Å². The molecular formula is C16H19NO. The highest BCUT2D eigenvalue weighted by molar-refractivity contribution is 5.84. The predicted molar refractivity (Wildman–Crippen MR) is 75.0 cm³/mol. The summed E-state index contributed by atoms with van der Waals surface area (Å²) in [5.41, 5.74) is 1.40. The third-order valence-corrected chi connectivity index (χ3v) is 3.83. The van der Waals surface area contributed by atoms with Gasteiger partial charge in [-0.25, -0.2) is 0 Å². The number of hydrogen-bond donors (Lipinski definition) is 1. The van der Waals surface area contributed by atoms with Crippen LogP contribution in [0.1, 0.15) is 24.4 Å². The van der Waals surface area contributed by atoms with Crippen LogP contribution in [-0.2, 0) is 0 Å². The van der Waals surface area contributed by atoms with Crippen LogP contribution in [0.25, 0.3) is 10.8 Å². The second-order valence-electron chi connectivity index (χ2n) is 5.08. The van der Waals surface area contributed by atoms with E-state index in [1.54, 1.807) is 7.11 Å². The molecule has 0 aliphatic heterocycles. The Morgan fingerprint density at radius 1 is 1.11 bits per heavy atom. The predicted octanol–water partition coefficient (Wildman–Crippen LogP) is 3.52. The highest BCUT2D eigenvalue weighted by atomic mass is 16.5. The number of methoxy groups -OCH3 is 1. The summed E-state index contributed by atoms with van der Waals surface area (Å²) in [7, 11) is 3.76. The van der Waals surface area contributed by atoms with E-state index in [9.17, 15) is 0 Å². The fraction of sp³-hybridized carbons (Fsp3) is 0.375. The van der Waals surface area contributed by atoms with E-state index in [0.717, 1.165) is 11.7 Å². The average Bonchev–Trinajstić information content (AvgIpc) is 3.23. The molecule has 2 aromatic carbocycles. The molecule has 0 amide bonds. The lowest BCUT2D eigenvalue weighted by atomic mass is 9.99. The molecule has 2 nitrogen and oxygen atoms in total. The normalized spacial score (nSPS) is 16.8. The highest BCUT2D eigenvalue weighted by Crippen LogP contribution is 2.41. The van der Waals surface area contributed by atoms with Crippen LogP contribution in [0.15, 0.2) is 36.4 Å². The summed E-state index contributed by atoms with van der Waals surface area (Å²) >= 11 is 0. The molecule has 0 bridgehead atoms. The Hall–Kier alpha value is -1.54. The van der Waals surface area contributed by atoms with Crippen molar-refractivity contribution in [1.29, 1.82) is 0 Å². The standard InChI is InChI=1S/C16H19NO/c1-17-16(11-3-4-11)14-6-5-13-10-15(18-2)8-7-12(13)9-14/h5-11,16-17H,3-4H2,1-2H3. The zero-order valence-electron chi connectivity index (χ0n) is 10.9. The molecule has 2 heteroatoms. The van der Waals surface area contributed by atoms with Crippen LogP contribution in [-0.4, -0.2) is 14.2 Å². The van der Waals surface area contributed by atoms with Crippen LogP contribution in [0.4, 0.5) is 0 Å². The summed E-state index contributed by atoms with van der Waals surface area (Å²) < 4.78 is 5.26. The van der Waals surface area contributed by atoms with Gasteiger partial charge >= 0.3 is 0 Å². The lowest BCUT2D eigenvalue weighted by Gasteiger charge is -2.16. The van der Waals surface area contributed by atoms with E-state index in [4.69, 9.17) is 4.74 Å². The minimum Gasteiger partial charge on any atom is -0.497 e. The summed E-state index contributed by atoms with van der Waals surface area (Å²) in [6.45, 7) is 0. The van der Waals surface area contributed by atoms with E-state index in [0.29, 0.717) is 6.04 Å². The first kappa shape index (κ1) is 11.5. The number of ether oxygens (including phenoxy) is 1. The maximum atomic E-state index is 5.26. The van der Waals surface area contributed by atoms with Gasteiger partial charge in [0, 0.05) is 6.04 Å². The minimum atomic E-state index is 0.511. The van der Waals surface area contributed by atoms with Crippen molar-refractivity contribution < 1.29 is 4.74 Å². The fourth-order valence-corrected chi connectivity index (χ4v) is 2.67. The van der Waals surface area contributed by atoms with Gasteiger partial charge in [0.25, 0.3) is 0 Å². The third-order valence-electron chi connectivity index (χ3n) is 3.83. The summed E-state index contributed by atoms with van der Waals surface area (Å²) in [5.74, 6) is 1.74. The molecule has 1 aliphatic carbocycles. The Morgan fingerprint density at radius 2 is 1.83 bits per heavy atom. The first-order chi connectivity index (χ1) is 8.81. The number of nitrogens with one attached hydrogen (secondary N) is 1. The van der Waals surface area contributed by atoms with Gasteiger partial charge in [0.2, 0.25) is 0 Å². The SMILES string of the molecule is CNC(c1ccc2cc(OC)ccc2c1)C1CC1. The molecular weight excluding hydrogens is 222 g/mol. The smallest absolute Gasteiger partial charge is 0.119 e. The molecule has 1 aliphatic rings. The monoisotopic (exact) mass is 241 g/mol. The van der Waals surface area contributed by atoms with E-state index < -0.39 is 0 Å². The molecule has 1 unspecified atom stereocenters. The van der Waals surface area contributed by atoms with E-state index in [1.165, 1.54) is 29.2 Å². The van der Waals surface area contributed by atoms with Crippen molar-refractivity contribution >= 4 is 10.8 Å². The molecule has 1 N–H and O–H groups in total. The van der Waals surface area contributed by atoms with Crippen molar-refractivity contribution in [3.05, 3.63) is 42.0 Å². The number of fused-ring (bicyclic) bond motifs is 1. The molecule has 1 atom stereocenters. The molecule has 94 valence electrons. The van der Waals surface area contributed by atoms with Crippen LogP contribution < -0.4 is 10.1 Å². The van der Waals surface area contributed by atoms with Gasteiger partial charge in [-0.3, -0.25) is 0 Å². The number of rotatable bonds is 4. The second-order valence-corrected chi connectivity index (χ2v) is 5.08. The Bertz CT molecular complexity index is 560. The van der Waals surface area contributed by atoms with Gasteiger partial charge in [-0.15, -0.1) is 0 Å². The topological polar surface area (TPSA) is 21.3 Å². The number of benzene rings is 2. The van der Waals surface area contributed by atoms with Gasteiger partial charge in [-0.05, 0) is 60.3 Å². The van der Waals surface area contributed by atoms with E-state index in [-0.39, 0.29) is 0 Å². The maximum Gasteiger partial charge on any atom is 0.119 e. The zero-order chi connectivity index (χ0) is 12.5. The van der Waals surface area contributed by atoms with Crippen molar-refractivity contribution in [2.75, 3.05) is 14.2 Å². The molecule has 0 heterocycles. The molecule has 1 saturated carbocycles. The molecule has 18 heavy (non-hydrogen) atoms. The van der Waals surface area contributed by atoms with Crippen molar-refractivity contribution in [2.24, 2.45) is 5.92 Å². The van der Waals surface area contributed by atoms with Crippen LogP contribution in [0.5, 0.6) is 5.75 Å². The lowest BCUT2D eigenvalue weighted by Crippen LogP contribution is -2.18. The average molecular weight is 241 g/mol. The van der Waals surface area contributed by atoms with Crippen LogP contribution in [0.3, 0.4) is 0 Å². The molecule has 3 rings (SSSR count). The summed E-state index contributed by atoms with van der Waals surface area (Å²) in [6, 6.07) is 13.5. The largest absolute Gasteiger partial charge is 0.497 e. The van der Waals surface area contributed by atoms with Crippen molar-refractivity contribution in [3.8, 4) is 5.75 Å². The van der Waals surface area contributed by atoms with E-state index in [1.807, 2.05) is 6.07 Å². The van der Waals surface area contributed by atoms with Gasteiger partial charge in [-0.1, -0.05) is 18.2 Å². The maximum absolute atomic E-state index is 5.26. The van der Waals surface area contributed by atoms with Crippen molar-refractivity contribution in [2.45, 2.75) is 18.9 Å². The molecule has 0 radical (unpaired) electrons. The quantitative estimate of drug-likeness (QED) is 0.884. The minimum absolute atomic E-state index is 0.511. The molecule has 2 aromatic rings. The van der Waals surface area contributed by atoms with E-state index in [2.05, 4.69) is 42.7 Å². The van der Waals surface area contributed by atoms with Crippen LogP contribution >= 0.6 is 0 Å². The summed E-state index contributed by atoms with van der Waals surface area (Å²) in [4.78, 5) is 0. The summed E-state index contributed by atoms with van der Waals surface area (Å²) in [6.07, 6.45) is 2.71. The second kappa shape index (κ2) is 4.62. The Labute approximate surface area is 108 Å². The van der Waals surface area contributed by atoms with E-state index >= 15 is 0 Å². The fourth-order valence-electron chi connectivity index (χ4n) is 2.67. The lowest BCUT2D eigenvalue weighted by molar-refractivity contribution is 0.415. The van der Waals surface area contributed by atoms with Crippen LogP contribution in [0.2, 0.25) is 0 Å². The molecule has 0 spiro atoms. The van der Waals surface area contributed by atoms with Crippen molar-refractivity contribution in [1.82, 2.24) is 5.32 Å². The molecule has 1 fully saturated rings. The Kier molecular flexibility index (Phi) is 2.96. The number of hydrogen-bond acceptors (Lipinski definition) is 2. The highest BCUT2D eigenvalue weighted by Gasteiger charge is 2.31. The molecule has 0 aromatic heterocycles. The zero-order valence-corrected chi connectivity index (χ0v) is 10.9. The first-order valence-corrected chi connectivity index (χ1v) is 6.57. The summed E-state index contributed by atoms with van der Waals surface area (Å²) in [5, 5.41) is 5.97. The third kappa shape index (κ3) is 2.08. The van der Waals surface area contributed by atoms with Gasteiger partial charge in [0.15, 0.2) is 0 Å². The van der Waals surface area contributed by atoms with Gasteiger partial charge in [0.05, 0.1) is 7.11 Å². The van der Waals surface area contributed by atoms with Gasteiger partial charge < -0.3 is 10.1 Å². The van der Waals surface area contributed by atoms with Crippen molar-refractivity contribution in [3.63, 3.8) is 0 Å². The van der Waals surface area contributed by atoms with Crippen LogP contribution in [0, 0.1) is 5.92 Å². The first-order valence-electron chi connectivity index (χ1n) is 6.57. The molecule has 0 saturated heterocycles. The Balaban J connectivity index is 1.99. The van der Waals surface area contributed by atoms with Gasteiger partial charge in [0.1, 0.15) is 5.75 Å². The Morgan fingerprint density at radius 3 is 2.50 bits per heavy atom.